The van der Waals surface area contributed by atoms with Crippen LogP contribution in [-0.2, 0) is 25.7 Å². The van der Waals surface area contributed by atoms with E-state index in [9.17, 15) is 22.8 Å². The molecule has 0 atom stereocenters. The molecule has 0 aliphatic rings. The van der Waals surface area contributed by atoms with Gasteiger partial charge in [-0.15, -0.1) is 0 Å². The third-order valence-corrected chi connectivity index (χ3v) is 5.62. The lowest BCUT2D eigenvalue weighted by Crippen LogP contribution is -2.28. The quantitative estimate of drug-likeness (QED) is 0.580. The molecule has 0 fully saturated rings. The number of carbonyl (C=O) groups excluding carboxylic acids is 1. The van der Waals surface area contributed by atoms with Gasteiger partial charge in [-0.25, -0.2) is 0 Å². The molecule has 5 nitrogen and oxygen atoms in total. The van der Waals surface area contributed by atoms with E-state index in [1.165, 1.54) is 12.1 Å². The highest BCUT2D eigenvalue weighted by Crippen LogP contribution is 2.29. The number of pyridine rings is 1. The molecule has 170 valence electrons. The molecule has 1 amide bonds. The zero-order valence-electron chi connectivity index (χ0n) is 18.5. The highest BCUT2D eigenvalue weighted by Gasteiger charge is 2.30. The van der Waals surface area contributed by atoms with Crippen LogP contribution in [0.5, 0.6) is 0 Å². The van der Waals surface area contributed by atoms with Crippen molar-refractivity contribution < 1.29 is 18.0 Å². The number of alkyl halides is 3. The first-order valence-electron chi connectivity index (χ1n) is 10.3. The largest absolute Gasteiger partial charge is 0.416 e. The third kappa shape index (κ3) is 4.95. The van der Waals surface area contributed by atoms with Crippen LogP contribution in [0.15, 0.2) is 41.3 Å². The summed E-state index contributed by atoms with van der Waals surface area (Å²) < 4.78 is 40.1. The van der Waals surface area contributed by atoms with E-state index in [2.05, 4.69) is 10.3 Å². The van der Waals surface area contributed by atoms with Gasteiger partial charge in [0.05, 0.1) is 11.1 Å². The Balaban J connectivity index is 1.76. The second-order valence-corrected chi connectivity index (χ2v) is 7.92. The van der Waals surface area contributed by atoms with Gasteiger partial charge in [0.2, 0.25) is 0 Å². The van der Waals surface area contributed by atoms with E-state index in [1.807, 2.05) is 24.5 Å². The standard InChI is InChI=1S/C24H26F3N3O2/c1-5-19-10-14(2)20(22(31)29-19)11-28-23(32)21-15(3)12-30(16(21)4)13-17-6-8-18(9-7-17)24(25,26)27/h6-10,12H,5,11,13H2,1-4H3,(H,28,32)(H,29,31). The highest BCUT2D eigenvalue weighted by molar-refractivity contribution is 5.96. The average molecular weight is 445 g/mol. The van der Waals surface area contributed by atoms with Crippen LogP contribution in [0.3, 0.4) is 0 Å². The fourth-order valence-corrected chi connectivity index (χ4v) is 3.78. The van der Waals surface area contributed by atoms with Gasteiger partial charge in [-0.3, -0.25) is 9.59 Å². The van der Waals surface area contributed by atoms with E-state index in [0.29, 0.717) is 35.3 Å². The summed E-state index contributed by atoms with van der Waals surface area (Å²) in [6, 6.07) is 6.88. The molecule has 3 rings (SSSR count). The lowest BCUT2D eigenvalue weighted by Gasteiger charge is -2.11. The molecule has 2 heterocycles. The van der Waals surface area contributed by atoms with Crippen molar-refractivity contribution >= 4 is 5.91 Å². The first-order chi connectivity index (χ1) is 15.0. The Labute approximate surface area is 184 Å². The fraction of sp³-hybridized carbons (Fsp3) is 0.333. The molecule has 1 aromatic carbocycles. The molecule has 0 spiro atoms. The molecule has 0 radical (unpaired) electrons. The summed E-state index contributed by atoms with van der Waals surface area (Å²) in [5.41, 5.74) is 3.90. The van der Waals surface area contributed by atoms with Crippen LogP contribution >= 0.6 is 0 Å². The van der Waals surface area contributed by atoms with Gasteiger partial charge in [0, 0.05) is 36.2 Å². The molecular weight excluding hydrogens is 419 g/mol. The molecular formula is C24H26F3N3O2. The summed E-state index contributed by atoms with van der Waals surface area (Å²) in [6.45, 7) is 7.83. The molecule has 0 saturated heterocycles. The van der Waals surface area contributed by atoms with E-state index in [4.69, 9.17) is 0 Å². The van der Waals surface area contributed by atoms with Gasteiger partial charge in [-0.1, -0.05) is 19.1 Å². The Bertz CT molecular complexity index is 1190. The van der Waals surface area contributed by atoms with Crippen molar-refractivity contribution in [2.45, 2.75) is 53.4 Å². The predicted molar refractivity (Wildman–Crippen MR) is 117 cm³/mol. The summed E-state index contributed by atoms with van der Waals surface area (Å²) in [5.74, 6) is -0.301. The van der Waals surface area contributed by atoms with E-state index >= 15 is 0 Å². The molecule has 3 aromatic rings. The zero-order chi connectivity index (χ0) is 23.6. The maximum atomic E-state index is 12.9. The molecule has 0 unspecified atom stereocenters. The number of hydrogen-bond donors (Lipinski definition) is 2. The highest BCUT2D eigenvalue weighted by atomic mass is 19.4. The van der Waals surface area contributed by atoms with E-state index < -0.39 is 11.7 Å². The first-order valence-corrected chi connectivity index (χ1v) is 10.3. The summed E-state index contributed by atoms with van der Waals surface area (Å²) >= 11 is 0. The van der Waals surface area contributed by atoms with Crippen LogP contribution in [-0.4, -0.2) is 15.5 Å². The van der Waals surface area contributed by atoms with E-state index in [0.717, 1.165) is 29.0 Å². The number of halogens is 3. The number of nitrogens with one attached hydrogen (secondary N) is 2. The maximum Gasteiger partial charge on any atom is 0.416 e. The molecule has 0 aliphatic carbocycles. The number of amides is 1. The number of aromatic nitrogens is 2. The Morgan fingerprint density at radius 1 is 1.09 bits per heavy atom. The molecule has 0 saturated carbocycles. The number of carbonyl (C=O) groups is 1. The number of aromatic amines is 1. The van der Waals surface area contributed by atoms with Crippen molar-refractivity contribution in [1.82, 2.24) is 14.9 Å². The Morgan fingerprint density at radius 2 is 1.75 bits per heavy atom. The van der Waals surface area contributed by atoms with Gasteiger partial charge < -0.3 is 14.9 Å². The van der Waals surface area contributed by atoms with Gasteiger partial charge >= 0.3 is 6.18 Å². The second-order valence-electron chi connectivity index (χ2n) is 7.92. The predicted octanol–water partition coefficient (Wildman–Crippen LogP) is 4.66. The molecule has 8 heteroatoms. The zero-order valence-corrected chi connectivity index (χ0v) is 18.5. The number of H-pyrrole nitrogens is 1. The van der Waals surface area contributed by atoms with Crippen molar-refractivity contribution in [2.75, 3.05) is 0 Å². The van der Waals surface area contributed by atoms with Gasteiger partial charge in [-0.2, -0.15) is 13.2 Å². The number of hydrogen-bond acceptors (Lipinski definition) is 2. The topological polar surface area (TPSA) is 66.9 Å². The lowest BCUT2D eigenvalue weighted by molar-refractivity contribution is -0.137. The van der Waals surface area contributed by atoms with E-state index in [1.54, 1.807) is 20.0 Å². The normalized spacial score (nSPS) is 11.6. The van der Waals surface area contributed by atoms with Gasteiger partial charge in [0.25, 0.3) is 11.5 Å². The Morgan fingerprint density at radius 3 is 2.31 bits per heavy atom. The first kappa shape index (κ1) is 23.4. The van der Waals surface area contributed by atoms with E-state index in [-0.39, 0.29) is 18.0 Å². The van der Waals surface area contributed by atoms with Crippen molar-refractivity contribution in [3.8, 4) is 0 Å². The van der Waals surface area contributed by atoms with Crippen molar-refractivity contribution in [3.05, 3.63) is 91.7 Å². The third-order valence-electron chi connectivity index (χ3n) is 5.62. The summed E-state index contributed by atoms with van der Waals surface area (Å²) in [7, 11) is 0. The van der Waals surface area contributed by atoms with Crippen LogP contribution in [0.1, 0.15) is 56.5 Å². The fourth-order valence-electron chi connectivity index (χ4n) is 3.78. The molecule has 0 aliphatic heterocycles. The number of aryl methyl sites for hydroxylation is 3. The Kier molecular flexibility index (Phi) is 6.62. The van der Waals surface area contributed by atoms with Crippen molar-refractivity contribution in [1.29, 1.82) is 0 Å². The number of nitrogens with zero attached hydrogens (tertiary/aromatic N) is 1. The minimum Gasteiger partial charge on any atom is -0.348 e. The van der Waals surface area contributed by atoms with Gasteiger partial charge in [0.1, 0.15) is 0 Å². The maximum absolute atomic E-state index is 12.9. The molecule has 2 N–H and O–H groups in total. The van der Waals surface area contributed by atoms with Gasteiger partial charge in [0.15, 0.2) is 0 Å². The SMILES string of the molecule is CCc1cc(C)c(CNC(=O)c2c(C)cn(Cc3ccc(C(F)(F)F)cc3)c2C)c(=O)[nH]1. The monoisotopic (exact) mass is 445 g/mol. The number of benzene rings is 1. The molecule has 2 aromatic heterocycles. The van der Waals surface area contributed by atoms with Crippen LogP contribution in [0.2, 0.25) is 0 Å². The van der Waals surface area contributed by atoms with Crippen LogP contribution in [0, 0.1) is 20.8 Å². The number of rotatable bonds is 6. The molecule has 0 bridgehead atoms. The van der Waals surface area contributed by atoms with Crippen LogP contribution in [0.4, 0.5) is 13.2 Å². The smallest absolute Gasteiger partial charge is 0.348 e. The van der Waals surface area contributed by atoms with Crippen LogP contribution in [0.25, 0.3) is 0 Å². The van der Waals surface area contributed by atoms with Crippen molar-refractivity contribution in [3.63, 3.8) is 0 Å². The van der Waals surface area contributed by atoms with Crippen molar-refractivity contribution in [2.24, 2.45) is 0 Å². The lowest BCUT2D eigenvalue weighted by atomic mass is 10.1. The minimum atomic E-state index is -4.37. The summed E-state index contributed by atoms with van der Waals surface area (Å²) in [4.78, 5) is 28.0. The Hall–Kier alpha value is -3.29. The summed E-state index contributed by atoms with van der Waals surface area (Å²) in [6.07, 6.45) is -1.86. The second kappa shape index (κ2) is 9.06. The average Bonchev–Trinajstić information content (AvgIpc) is 2.99. The van der Waals surface area contributed by atoms with Gasteiger partial charge in [-0.05, 0) is 62.1 Å². The summed E-state index contributed by atoms with van der Waals surface area (Å²) in [5, 5.41) is 2.82. The molecule has 32 heavy (non-hydrogen) atoms. The van der Waals surface area contributed by atoms with Crippen LogP contribution < -0.4 is 10.9 Å². The minimum absolute atomic E-state index is 0.104.